The number of benzene rings is 2. The first kappa shape index (κ1) is 26.8. The van der Waals surface area contributed by atoms with Gasteiger partial charge in [0.1, 0.15) is 17.6 Å². The molecule has 2 aromatic rings. The fourth-order valence-electron chi connectivity index (χ4n) is 3.13. The molecule has 0 saturated carbocycles. The van der Waals surface area contributed by atoms with E-state index in [4.69, 9.17) is 16.2 Å². The maximum absolute atomic E-state index is 13.0. The van der Waals surface area contributed by atoms with Crippen LogP contribution < -0.4 is 22.1 Å². The monoisotopic (exact) mass is 484 g/mol. The first-order chi connectivity index (χ1) is 16.8. The topological polar surface area (TPSA) is 192 Å². The van der Waals surface area contributed by atoms with Crippen molar-refractivity contribution < 1.29 is 24.0 Å². The average Bonchev–Trinajstić information content (AvgIpc) is 2.84. The minimum Gasteiger partial charge on any atom is -0.445 e. The molecule has 0 aliphatic rings. The van der Waals surface area contributed by atoms with Crippen LogP contribution in [-0.4, -0.2) is 47.4 Å². The molecule has 0 aliphatic heterocycles. The molecule has 0 fully saturated rings. The van der Waals surface area contributed by atoms with E-state index in [1.165, 1.54) is 0 Å². The predicted octanol–water partition coefficient (Wildman–Crippen LogP) is 0.866. The second-order valence-electron chi connectivity index (χ2n) is 7.55. The molecule has 6 N–H and O–H groups in total. The Bertz CT molecular complexity index is 1030. The van der Waals surface area contributed by atoms with Crippen molar-refractivity contribution in [2.45, 2.75) is 38.0 Å². The quantitative estimate of drug-likeness (QED) is 0.112. The molecular formula is C23H28N6O6. The number of hydrogen-bond acceptors (Lipinski definition) is 7. The van der Waals surface area contributed by atoms with Crippen LogP contribution in [0.15, 0.2) is 65.7 Å². The standard InChI is InChI=1S/C23H28N6O6/c24-22(25)26-13-7-12-18(21(31)29(33)34)27-20(30)19(14-16-8-3-1-4-9-16)28-23(32)35-15-17-10-5-2-6-11-17/h1-6,8-11,18-19H,7,12-15H2,(H,27,30)(H,28,32)(H4,24,25,26)/t18-,19-/m1/s1. The van der Waals surface area contributed by atoms with Gasteiger partial charge in [0.15, 0.2) is 12.0 Å². The van der Waals surface area contributed by atoms with Gasteiger partial charge < -0.3 is 26.8 Å². The van der Waals surface area contributed by atoms with Crippen molar-refractivity contribution in [1.82, 2.24) is 10.6 Å². The highest BCUT2D eigenvalue weighted by Gasteiger charge is 2.33. The molecule has 0 heterocycles. The second kappa shape index (κ2) is 13.9. The number of nitrogens with one attached hydrogen (secondary N) is 2. The number of carbonyl (C=O) groups excluding carboxylic acids is 3. The van der Waals surface area contributed by atoms with Crippen LogP contribution in [0.3, 0.4) is 0 Å². The summed E-state index contributed by atoms with van der Waals surface area (Å²) in [5.41, 5.74) is 12.0. The molecule has 0 unspecified atom stereocenters. The highest BCUT2D eigenvalue weighted by atomic mass is 16.6. The van der Waals surface area contributed by atoms with E-state index < -0.39 is 34.9 Å². The van der Waals surface area contributed by atoms with Gasteiger partial charge in [0, 0.05) is 13.0 Å². The van der Waals surface area contributed by atoms with Crippen LogP contribution in [0.25, 0.3) is 0 Å². The van der Waals surface area contributed by atoms with Gasteiger partial charge in [0.2, 0.25) is 5.91 Å². The van der Waals surface area contributed by atoms with Crippen LogP contribution in [0.1, 0.15) is 24.0 Å². The van der Waals surface area contributed by atoms with Crippen LogP contribution in [0.5, 0.6) is 0 Å². The number of aliphatic imine (C=N–C) groups is 1. The molecule has 2 atom stereocenters. The number of hydrogen-bond donors (Lipinski definition) is 4. The van der Waals surface area contributed by atoms with Crippen molar-refractivity contribution in [3.63, 3.8) is 0 Å². The first-order valence-electron chi connectivity index (χ1n) is 10.8. The number of nitrogens with zero attached hydrogens (tertiary/aromatic N) is 2. The maximum atomic E-state index is 13.0. The Labute approximate surface area is 201 Å². The molecule has 2 aromatic carbocycles. The molecule has 35 heavy (non-hydrogen) atoms. The summed E-state index contributed by atoms with van der Waals surface area (Å²) < 4.78 is 5.20. The summed E-state index contributed by atoms with van der Waals surface area (Å²) in [7, 11) is 0. The summed E-state index contributed by atoms with van der Waals surface area (Å²) in [5, 5.41) is 15.9. The predicted molar refractivity (Wildman–Crippen MR) is 128 cm³/mol. The average molecular weight is 485 g/mol. The molecule has 3 amide bonds. The van der Waals surface area contributed by atoms with E-state index in [0.717, 1.165) is 11.1 Å². The van der Waals surface area contributed by atoms with E-state index in [2.05, 4.69) is 15.6 Å². The highest BCUT2D eigenvalue weighted by molar-refractivity contribution is 5.89. The Hall–Kier alpha value is -4.48. The van der Waals surface area contributed by atoms with Gasteiger partial charge in [0.05, 0.1) is 0 Å². The minimum atomic E-state index is -1.42. The summed E-state index contributed by atoms with van der Waals surface area (Å²) in [4.78, 5) is 51.2. The molecule has 0 radical (unpaired) electrons. The number of rotatable bonds is 12. The fraction of sp³-hybridized carbons (Fsp3) is 0.304. The third-order valence-electron chi connectivity index (χ3n) is 4.84. The molecule has 0 aliphatic carbocycles. The first-order valence-corrected chi connectivity index (χ1v) is 10.8. The summed E-state index contributed by atoms with van der Waals surface area (Å²) >= 11 is 0. The van der Waals surface area contributed by atoms with Gasteiger partial charge in [-0.1, -0.05) is 60.7 Å². The van der Waals surface area contributed by atoms with E-state index in [0.29, 0.717) is 0 Å². The van der Waals surface area contributed by atoms with Crippen LogP contribution in [0, 0.1) is 10.1 Å². The Morgan fingerprint density at radius 3 is 2.11 bits per heavy atom. The summed E-state index contributed by atoms with van der Waals surface area (Å²) in [6, 6.07) is 15.2. The van der Waals surface area contributed by atoms with Crippen molar-refractivity contribution in [3.8, 4) is 0 Å². The van der Waals surface area contributed by atoms with Crippen molar-refractivity contribution >= 4 is 23.9 Å². The smallest absolute Gasteiger partial charge is 0.445 e. The van der Waals surface area contributed by atoms with Crippen molar-refractivity contribution in [1.29, 1.82) is 0 Å². The summed E-state index contributed by atoms with van der Waals surface area (Å²) in [6.07, 6.45) is -0.646. The molecule has 2 rings (SSSR count). The lowest BCUT2D eigenvalue weighted by Gasteiger charge is -2.21. The molecule has 0 spiro atoms. The lowest BCUT2D eigenvalue weighted by Crippen LogP contribution is -2.53. The Kier molecular flexibility index (Phi) is 10.7. The zero-order valence-electron chi connectivity index (χ0n) is 19.0. The SMILES string of the molecule is NC(N)=NCCC[C@@H](NC(=O)[C@@H](Cc1ccccc1)NC(=O)OCc1ccccc1)C(=O)[N+](=O)[O-]. The molecule has 0 saturated heterocycles. The highest BCUT2D eigenvalue weighted by Crippen LogP contribution is 2.07. The lowest BCUT2D eigenvalue weighted by molar-refractivity contribution is -0.404. The zero-order chi connectivity index (χ0) is 25.6. The van der Waals surface area contributed by atoms with Crippen LogP contribution >= 0.6 is 0 Å². The van der Waals surface area contributed by atoms with Crippen LogP contribution in [0.2, 0.25) is 0 Å². The van der Waals surface area contributed by atoms with Gasteiger partial charge in [0.25, 0.3) is 0 Å². The van der Waals surface area contributed by atoms with E-state index >= 15 is 0 Å². The van der Waals surface area contributed by atoms with Crippen molar-refractivity contribution in [2.24, 2.45) is 16.5 Å². The van der Waals surface area contributed by atoms with Crippen molar-refractivity contribution in [2.75, 3.05) is 6.54 Å². The third kappa shape index (κ3) is 9.90. The molecule has 12 nitrogen and oxygen atoms in total. The van der Waals surface area contributed by atoms with E-state index in [-0.39, 0.29) is 38.4 Å². The lowest BCUT2D eigenvalue weighted by atomic mass is 10.0. The number of carbonyl (C=O) groups is 3. The molecule has 12 heteroatoms. The number of guanidine groups is 1. The van der Waals surface area contributed by atoms with Gasteiger partial charge in [-0.25, -0.2) is 9.59 Å². The number of nitrogens with two attached hydrogens (primary N) is 2. The van der Waals surface area contributed by atoms with Gasteiger partial charge in [-0.3, -0.25) is 19.9 Å². The molecule has 186 valence electrons. The number of alkyl carbamates (subject to hydrolysis) is 1. The number of amides is 3. The number of ether oxygens (including phenoxy) is 1. The third-order valence-corrected chi connectivity index (χ3v) is 4.84. The largest absolute Gasteiger partial charge is 0.466 e. The van der Waals surface area contributed by atoms with E-state index in [9.17, 15) is 24.5 Å². The maximum Gasteiger partial charge on any atom is 0.466 e. The van der Waals surface area contributed by atoms with Crippen LogP contribution in [-0.2, 0) is 27.4 Å². The summed E-state index contributed by atoms with van der Waals surface area (Å²) in [5.74, 6) is -2.31. The Morgan fingerprint density at radius 2 is 1.54 bits per heavy atom. The molecule has 0 bridgehead atoms. The van der Waals surface area contributed by atoms with Crippen molar-refractivity contribution in [3.05, 3.63) is 81.9 Å². The number of nitro groups is 1. The van der Waals surface area contributed by atoms with Crippen LogP contribution in [0.4, 0.5) is 4.79 Å². The normalized spacial score (nSPS) is 12.0. The fourth-order valence-corrected chi connectivity index (χ4v) is 3.13. The second-order valence-corrected chi connectivity index (χ2v) is 7.55. The zero-order valence-corrected chi connectivity index (χ0v) is 19.0. The summed E-state index contributed by atoms with van der Waals surface area (Å²) in [6.45, 7) is 0.108. The van der Waals surface area contributed by atoms with Gasteiger partial charge >= 0.3 is 12.0 Å². The van der Waals surface area contributed by atoms with Gasteiger partial charge in [-0.2, -0.15) is 0 Å². The van der Waals surface area contributed by atoms with E-state index in [1.54, 1.807) is 54.6 Å². The van der Waals surface area contributed by atoms with Gasteiger partial charge in [-0.05, 0) is 24.0 Å². The molecular weight excluding hydrogens is 456 g/mol. The minimum absolute atomic E-state index is 0.0143. The molecule has 0 aromatic heterocycles. The Balaban J connectivity index is 2.10. The van der Waals surface area contributed by atoms with Gasteiger partial charge in [-0.15, -0.1) is 0 Å². The Morgan fingerprint density at radius 1 is 0.943 bits per heavy atom. The van der Waals surface area contributed by atoms with E-state index in [1.807, 2.05) is 6.07 Å².